The van der Waals surface area contributed by atoms with Gasteiger partial charge in [0.1, 0.15) is 0 Å². The molecule has 0 aromatic carbocycles. The third-order valence-corrected chi connectivity index (χ3v) is 3.10. The van der Waals surface area contributed by atoms with E-state index in [1.165, 1.54) is 0 Å². The molecule has 0 aromatic rings. The number of β-amino-alcohol motifs (C(OH)–C–C–N with tert-alkyl or cyclic N) is 1. The number of aliphatic hydroxyl groups excluding tert-OH is 1. The van der Waals surface area contributed by atoms with Crippen LogP contribution in [0.5, 0.6) is 0 Å². The largest absolute Gasteiger partial charge is 0.389 e. The molecular formula is C13H26N2O3. The Morgan fingerprint density at radius 2 is 2.39 bits per heavy atom. The van der Waals surface area contributed by atoms with Gasteiger partial charge in [0, 0.05) is 39.2 Å². The van der Waals surface area contributed by atoms with Crippen molar-refractivity contribution in [2.45, 2.75) is 45.3 Å². The lowest BCUT2D eigenvalue weighted by atomic mass is 10.2. The smallest absolute Gasteiger partial charge is 0.217 e. The molecule has 1 amide bonds. The third kappa shape index (κ3) is 6.33. The van der Waals surface area contributed by atoms with Crippen LogP contribution >= 0.6 is 0 Å². The first-order valence-corrected chi connectivity index (χ1v) is 6.87. The highest BCUT2D eigenvalue weighted by molar-refractivity contribution is 5.73. The molecule has 1 aliphatic rings. The molecule has 106 valence electrons. The van der Waals surface area contributed by atoms with Crippen molar-refractivity contribution >= 4 is 5.91 Å². The Labute approximate surface area is 109 Å². The van der Waals surface area contributed by atoms with Crippen molar-refractivity contribution in [3.63, 3.8) is 0 Å². The van der Waals surface area contributed by atoms with Crippen LogP contribution in [0.4, 0.5) is 0 Å². The topological polar surface area (TPSA) is 61.8 Å². The summed E-state index contributed by atoms with van der Waals surface area (Å²) in [5.74, 6) is 0.0188. The summed E-state index contributed by atoms with van der Waals surface area (Å²) in [5, 5.41) is 12.7. The number of ether oxygens (including phenoxy) is 1. The van der Waals surface area contributed by atoms with Gasteiger partial charge in [-0.05, 0) is 12.8 Å². The van der Waals surface area contributed by atoms with E-state index in [1.54, 1.807) is 6.92 Å². The van der Waals surface area contributed by atoms with E-state index in [0.717, 1.165) is 39.0 Å². The Hall–Kier alpha value is -0.650. The molecule has 1 heterocycles. The summed E-state index contributed by atoms with van der Waals surface area (Å²) in [5.41, 5.74) is 0. The number of hydrogen-bond donors (Lipinski definition) is 2. The van der Waals surface area contributed by atoms with Gasteiger partial charge in [0.25, 0.3) is 0 Å². The molecular weight excluding hydrogens is 232 g/mol. The van der Waals surface area contributed by atoms with E-state index in [0.29, 0.717) is 13.2 Å². The SMILES string of the molecule is CCCCOCC(O)CN1CCC(NC(C)=O)C1. The third-order valence-electron chi connectivity index (χ3n) is 3.10. The van der Waals surface area contributed by atoms with Gasteiger partial charge in [0.2, 0.25) is 5.91 Å². The van der Waals surface area contributed by atoms with E-state index < -0.39 is 6.10 Å². The highest BCUT2D eigenvalue weighted by atomic mass is 16.5. The number of aliphatic hydroxyl groups is 1. The number of carbonyl (C=O) groups excluding carboxylic acids is 1. The van der Waals surface area contributed by atoms with E-state index in [2.05, 4.69) is 17.1 Å². The fourth-order valence-electron chi connectivity index (χ4n) is 2.22. The molecule has 5 heteroatoms. The van der Waals surface area contributed by atoms with Crippen LogP contribution in [0.2, 0.25) is 0 Å². The number of nitrogens with one attached hydrogen (secondary N) is 1. The number of amides is 1. The molecule has 0 saturated carbocycles. The molecule has 2 N–H and O–H groups in total. The number of hydrogen-bond acceptors (Lipinski definition) is 4. The second-order valence-corrected chi connectivity index (χ2v) is 5.03. The summed E-state index contributed by atoms with van der Waals surface area (Å²) in [6, 6.07) is 0.232. The molecule has 0 aliphatic carbocycles. The lowest BCUT2D eigenvalue weighted by Crippen LogP contribution is -2.38. The first-order valence-electron chi connectivity index (χ1n) is 6.87. The second kappa shape index (κ2) is 8.45. The van der Waals surface area contributed by atoms with E-state index >= 15 is 0 Å². The average molecular weight is 258 g/mol. The molecule has 1 fully saturated rings. The molecule has 2 atom stereocenters. The normalized spacial score (nSPS) is 22.1. The Kier molecular flexibility index (Phi) is 7.23. The number of rotatable bonds is 8. The number of nitrogens with zero attached hydrogens (tertiary/aromatic N) is 1. The maximum absolute atomic E-state index is 10.9. The molecule has 0 radical (unpaired) electrons. The quantitative estimate of drug-likeness (QED) is 0.618. The van der Waals surface area contributed by atoms with Gasteiger partial charge in [-0.3, -0.25) is 9.69 Å². The van der Waals surface area contributed by atoms with Crippen molar-refractivity contribution in [2.24, 2.45) is 0 Å². The summed E-state index contributed by atoms with van der Waals surface area (Å²) in [7, 11) is 0. The standard InChI is InChI=1S/C13H26N2O3/c1-3-4-7-18-10-13(17)9-15-6-5-12(8-15)14-11(2)16/h12-13,17H,3-10H2,1-2H3,(H,14,16). The zero-order valence-corrected chi connectivity index (χ0v) is 11.5. The second-order valence-electron chi connectivity index (χ2n) is 5.03. The Morgan fingerprint density at radius 1 is 1.61 bits per heavy atom. The molecule has 1 aliphatic heterocycles. The molecule has 0 aromatic heterocycles. The first-order chi connectivity index (χ1) is 8.61. The minimum atomic E-state index is -0.432. The summed E-state index contributed by atoms with van der Waals surface area (Å²) in [4.78, 5) is 13.1. The van der Waals surface area contributed by atoms with Crippen LogP contribution in [0.1, 0.15) is 33.1 Å². The number of likely N-dealkylation sites (tertiary alicyclic amines) is 1. The van der Waals surface area contributed by atoms with Gasteiger partial charge >= 0.3 is 0 Å². The van der Waals surface area contributed by atoms with Gasteiger partial charge in [-0.15, -0.1) is 0 Å². The van der Waals surface area contributed by atoms with Crippen molar-refractivity contribution in [1.29, 1.82) is 0 Å². The van der Waals surface area contributed by atoms with Gasteiger partial charge in [0.05, 0.1) is 12.7 Å². The number of carbonyl (C=O) groups is 1. The van der Waals surface area contributed by atoms with Crippen LogP contribution in [-0.2, 0) is 9.53 Å². The van der Waals surface area contributed by atoms with Crippen LogP contribution in [0.25, 0.3) is 0 Å². The summed E-state index contributed by atoms with van der Waals surface area (Å²) in [6.07, 6.45) is 2.68. The lowest BCUT2D eigenvalue weighted by Gasteiger charge is -2.20. The predicted octanol–water partition coefficient (Wildman–Crippen LogP) is 0.374. The van der Waals surface area contributed by atoms with E-state index in [9.17, 15) is 9.90 Å². The lowest BCUT2D eigenvalue weighted by molar-refractivity contribution is -0.119. The highest BCUT2D eigenvalue weighted by Gasteiger charge is 2.24. The Bertz CT molecular complexity index is 248. The van der Waals surface area contributed by atoms with Crippen molar-refractivity contribution < 1.29 is 14.6 Å². The van der Waals surface area contributed by atoms with Crippen molar-refractivity contribution in [1.82, 2.24) is 10.2 Å². The predicted molar refractivity (Wildman–Crippen MR) is 70.4 cm³/mol. The molecule has 0 bridgehead atoms. The van der Waals surface area contributed by atoms with E-state index in [4.69, 9.17) is 4.74 Å². The average Bonchev–Trinajstić information content (AvgIpc) is 2.71. The van der Waals surface area contributed by atoms with Gasteiger partial charge < -0.3 is 15.2 Å². The van der Waals surface area contributed by atoms with Gasteiger partial charge in [-0.25, -0.2) is 0 Å². The van der Waals surface area contributed by atoms with Crippen LogP contribution in [-0.4, -0.2) is 60.9 Å². The van der Waals surface area contributed by atoms with Gasteiger partial charge in [-0.2, -0.15) is 0 Å². The van der Waals surface area contributed by atoms with Gasteiger partial charge in [0.15, 0.2) is 0 Å². The molecule has 5 nitrogen and oxygen atoms in total. The van der Waals surface area contributed by atoms with E-state index in [1.807, 2.05) is 0 Å². The maximum atomic E-state index is 10.9. The molecule has 2 unspecified atom stereocenters. The Balaban J connectivity index is 2.10. The van der Waals surface area contributed by atoms with Crippen molar-refractivity contribution in [3.05, 3.63) is 0 Å². The fraction of sp³-hybridized carbons (Fsp3) is 0.923. The zero-order valence-electron chi connectivity index (χ0n) is 11.5. The molecule has 1 saturated heterocycles. The van der Waals surface area contributed by atoms with Crippen molar-refractivity contribution in [2.75, 3.05) is 32.8 Å². The molecule has 0 spiro atoms. The van der Waals surface area contributed by atoms with E-state index in [-0.39, 0.29) is 11.9 Å². The molecule has 1 rings (SSSR count). The molecule has 18 heavy (non-hydrogen) atoms. The van der Waals surface area contributed by atoms with Gasteiger partial charge in [-0.1, -0.05) is 13.3 Å². The fourth-order valence-corrected chi connectivity index (χ4v) is 2.22. The van der Waals surface area contributed by atoms with Crippen LogP contribution in [0.15, 0.2) is 0 Å². The summed E-state index contributed by atoms with van der Waals surface area (Å²) in [6.45, 7) is 7.17. The highest BCUT2D eigenvalue weighted by Crippen LogP contribution is 2.09. The number of unbranched alkanes of at least 4 members (excludes halogenated alkanes) is 1. The van der Waals surface area contributed by atoms with Crippen molar-refractivity contribution in [3.8, 4) is 0 Å². The summed E-state index contributed by atoms with van der Waals surface area (Å²) < 4.78 is 5.39. The first kappa shape index (κ1) is 15.4. The minimum absolute atomic E-state index is 0.0188. The Morgan fingerprint density at radius 3 is 3.06 bits per heavy atom. The zero-order chi connectivity index (χ0) is 13.4. The van der Waals surface area contributed by atoms with Crippen LogP contribution in [0.3, 0.4) is 0 Å². The summed E-state index contributed by atoms with van der Waals surface area (Å²) >= 11 is 0. The van der Waals surface area contributed by atoms with Crippen LogP contribution in [0, 0.1) is 0 Å². The van der Waals surface area contributed by atoms with Crippen LogP contribution < -0.4 is 5.32 Å². The maximum Gasteiger partial charge on any atom is 0.217 e. The monoisotopic (exact) mass is 258 g/mol. The minimum Gasteiger partial charge on any atom is -0.389 e.